The maximum Gasteiger partial charge on any atom is 0.331 e. The van der Waals surface area contributed by atoms with E-state index in [9.17, 15) is 19.2 Å². The van der Waals surface area contributed by atoms with Gasteiger partial charge in [-0.1, -0.05) is 11.3 Å². The average molecular weight is 269 g/mol. The maximum atomic E-state index is 12.0. The molecule has 0 radical (unpaired) electrons. The van der Waals surface area contributed by atoms with Crippen molar-refractivity contribution >= 4 is 29.2 Å². The van der Waals surface area contributed by atoms with E-state index in [0.29, 0.717) is 5.69 Å². The van der Waals surface area contributed by atoms with Gasteiger partial charge in [0.05, 0.1) is 6.54 Å². The van der Waals surface area contributed by atoms with Gasteiger partial charge in [-0.15, -0.1) is 0 Å². The number of nitrogens with one attached hydrogen (secondary N) is 2. The maximum absolute atomic E-state index is 12.0. The average Bonchev–Trinajstić information content (AvgIpc) is 2.68. The Hall–Kier alpha value is -1.96. The van der Waals surface area contributed by atoms with Crippen LogP contribution >= 0.6 is 11.3 Å². The van der Waals surface area contributed by atoms with Gasteiger partial charge in [0.15, 0.2) is 0 Å². The first-order valence-corrected chi connectivity index (χ1v) is 6.04. The molecular weight excluding hydrogens is 258 g/mol. The van der Waals surface area contributed by atoms with Crippen molar-refractivity contribution in [1.29, 1.82) is 0 Å². The Balaban J connectivity index is 2.27. The number of nitrogens with zero attached hydrogens (tertiary/aromatic N) is 1. The molecule has 0 bridgehead atoms. The first kappa shape index (κ1) is 12.5. The molecule has 0 atom stereocenters. The quantitative estimate of drug-likeness (QED) is 0.740. The highest BCUT2D eigenvalue weighted by Gasteiger charge is 2.46. The van der Waals surface area contributed by atoms with Gasteiger partial charge in [-0.2, -0.15) is 0 Å². The molecule has 8 heteroatoms. The van der Waals surface area contributed by atoms with Gasteiger partial charge in [0, 0.05) is 11.1 Å². The summed E-state index contributed by atoms with van der Waals surface area (Å²) in [4.78, 5) is 49.3. The Morgan fingerprint density at radius 2 is 1.94 bits per heavy atom. The number of carbonyl (C=O) groups excluding carboxylic acids is 3. The molecule has 1 saturated heterocycles. The van der Waals surface area contributed by atoms with Crippen LogP contribution in [0.1, 0.15) is 19.5 Å². The van der Waals surface area contributed by atoms with E-state index < -0.39 is 23.3 Å². The predicted molar refractivity (Wildman–Crippen MR) is 62.8 cm³/mol. The van der Waals surface area contributed by atoms with E-state index in [4.69, 9.17) is 0 Å². The summed E-state index contributed by atoms with van der Waals surface area (Å²) in [5.74, 6) is -1.20. The number of barbiturate groups is 1. The van der Waals surface area contributed by atoms with E-state index in [-0.39, 0.29) is 11.4 Å². The largest absolute Gasteiger partial charge is 0.331 e. The van der Waals surface area contributed by atoms with Crippen molar-refractivity contribution in [3.8, 4) is 0 Å². The molecule has 2 N–H and O–H groups in total. The molecule has 0 spiro atoms. The van der Waals surface area contributed by atoms with Crippen LogP contribution in [0.25, 0.3) is 0 Å². The fraction of sp³-hybridized carbons (Fsp3) is 0.400. The van der Waals surface area contributed by atoms with Gasteiger partial charge in [-0.25, -0.2) is 4.79 Å². The van der Waals surface area contributed by atoms with Crippen LogP contribution in [0.2, 0.25) is 0 Å². The van der Waals surface area contributed by atoms with Crippen LogP contribution in [-0.2, 0) is 16.1 Å². The molecular formula is C10H11N3O4S. The van der Waals surface area contributed by atoms with E-state index in [1.54, 1.807) is 0 Å². The number of carbonyl (C=O) groups is 3. The third-order valence-electron chi connectivity index (χ3n) is 2.71. The van der Waals surface area contributed by atoms with Crippen molar-refractivity contribution in [3.63, 3.8) is 0 Å². The van der Waals surface area contributed by atoms with Crippen LogP contribution in [0.15, 0.2) is 10.2 Å². The van der Waals surface area contributed by atoms with Crippen molar-refractivity contribution in [1.82, 2.24) is 15.2 Å². The number of amides is 4. The van der Waals surface area contributed by atoms with Gasteiger partial charge < -0.3 is 4.98 Å². The Bertz CT molecular complexity index is 586. The molecule has 1 aromatic heterocycles. The lowest BCUT2D eigenvalue weighted by Crippen LogP contribution is -2.61. The third-order valence-corrected chi connectivity index (χ3v) is 3.43. The highest BCUT2D eigenvalue weighted by atomic mass is 32.1. The molecule has 4 amide bonds. The second kappa shape index (κ2) is 4.05. The van der Waals surface area contributed by atoms with E-state index in [1.807, 2.05) is 0 Å². The minimum Gasteiger partial charge on any atom is -0.315 e. The van der Waals surface area contributed by atoms with Crippen LogP contribution in [0.3, 0.4) is 0 Å². The lowest BCUT2D eigenvalue weighted by molar-refractivity contribution is -0.149. The van der Waals surface area contributed by atoms with Crippen LogP contribution in [0.5, 0.6) is 0 Å². The van der Waals surface area contributed by atoms with Crippen molar-refractivity contribution in [2.75, 3.05) is 0 Å². The number of H-pyrrole nitrogens is 1. The van der Waals surface area contributed by atoms with Crippen molar-refractivity contribution in [2.45, 2.75) is 20.4 Å². The van der Waals surface area contributed by atoms with E-state index in [0.717, 1.165) is 16.2 Å². The van der Waals surface area contributed by atoms with Crippen LogP contribution in [0, 0.1) is 5.41 Å². The van der Waals surface area contributed by atoms with Gasteiger partial charge in [0.2, 0.25) is 11.8 Å². The number of rotatable bonds is 2. The van der Waals surface area contributed by atoms with Gasteiger partial charge in [-0.3, -0.25) is 24.6 Å². The first-order valence-electron chi connectivity index (χ1n) is 5.16. The van der Waals surface area contributed by atoms with Gasteiger partial charge in [0.25, 0.3) is 0 Å². The molecule has 0 aromatic carbocycles. The molecule has 2 rings (SSSR count). The minimum atomic E-state index is -1.29. The van der Waals surface area contributed by atoms with E-state index in [1.165, 1.54) is 19.2 Å². The van der Waals surface area contributed by atoms with Crippen molar-refractivity contribution in [2.24, 2.45) is 5.41 Å². The standard InChI is InChI=1S/C10H11N3O4S/c1-10(2)6(14)12-8(16)13(7(10)15)3-5-4-18-9(17)11-5/h4H,3H2,1-2H3,(H,11,17)(H,12,14,16). The monoisotopic (exact) mass is 269 g/mol. The molecule has 0 aliphatic carbocycles. The molecule has 0 saturated carbocycles. The smallest absolute Gasteiger partial charge is 0.315 e. The number of aromatic nitrogens is 1. The van der Waals surface area contributed by atoms with E-state index >= 15 is 0 Å². The topological polar surface area (TPSA) is 99.3 Å². The molecule has 7 nitrogen and oxygen atoms in total. The van der Waals surface area contributed by atoms with E-state index in [2.05, 4.69) is 10.3 Å². The summed E-state index contributed by atoms with van der Waals surface area (Å²) in [6, 6.07) is -0.767. The van der Waals surface area contributed by atoms with Gasteiger partial charge >= 0.3 is 10.9 Å². The number of thiazole rings is 1. The second-order valence-electron chi connectivity index (χ2n) is 4.45. The summed E-state index contributed by atoms with van der Waals surface area (Å²) in [6.45, 7) is 2.83. The fourth-order valence-corrected chi connectivity index (χ4v) is 2.13. The first-order chi connectivity index (χ1) is 8.32. The number of hydrogen-bond donors (Lipinski definition) is 2. The second-order valence-corrected chi connectivity index (χ2v) is 5.29. The lowest BCUT2D eigenvalue weighted by Gasteiger charge is -2.34. The highest BCUT2D eigenvalue weighted by molar-refractivity contribution is 7.07. The zero-order valence-corrected chi connectivity index (χ0v) is 10.6. The molecule has 1 aliphatic heterocycles. The summed E-state index contributed by atoms with van der Waals surface area (Å²) in [7, 11) is 0. The van der Waals surface area contributed by atoms with Crippen molar-refractivity contribution in [3.05, 3.63) is 20.7 Å². The Morgan fingerprint density at radius 3 is 2.50 bits per heavy atom. The summed E-state index contributed by atoms with van der Waals surface area (Å²) in [6.07, 6.45) is 0. The zero-order chi connectivity index (χ0) is 13.5. The minimum absolute atomic E-state index is 0.0554. The Morgan fingerprint density at radius 1 is 1.28 bits per heavy atom. The molecule has 1 fully saturated rings. The highest BCUT2D eigenvalue weighted by Crippen LogP contribution is 2.24. The molecule has 1 aromatic rings. The normalized spacial score (nSPS) is 19.0. The predicted octanol–water partition coefficient (Wildman–Crippen LogP) is 0.0410. The van der Waals surface area contributed by atoms with Gasteiger partial charge in [-0.05, 0) is 13.8 Å². The molecule has 96 valence electrons. The number of urea groups is 1. The van der Waals surface area contributed by atoms with Crippen LogP contribution < -0.4 is 10.2 Å². The number of imide groups is 2. The Kier molecular flexibility index (Phi) is 2.81. The Labute approximate surface area is 106 Å². The molecule has 0 unspecified atom stereocenters. The summed E-state index contributed by atoms with van der Waals surface area (Å²) >= 11 is 0.948. The summed E-state index contributed by atoms with van der Waals surface area (Å²) in [5, 5.41) is 3.65. The molecule has 1 aliphatic rings. The molecule has 2 heterocycles. The van der Waals surface area contributed by atoms with Crippen LogP contribution in [0.4, 0.5) is 4.79 Å². The number of hydrogen-bond acceptors (Lipinski definition) is 5. The van der Waals surface area contributed by atoms with Crippen LogP contribution in [-0.4, -0.2) is 27.7 Å². The fourth-order valence-electron chi connectivity index (χ4n) is 1.55. The number of aromatic amines is 1. The summed E-state index contributed by atoms with van der Waals surface area (Å²) < 4.78 is 0. The SMILES string of the molecule is CC1(C)C(=O)NC(=O)N(Cc2csc(=O)[nH]2)C1=O. The molecule has 18 heavy (non-hydrogen) atoms. The lowest BCUT2D eigenvalue weighted by atomic mass is 9.89. The van der Waals surface area contributed by atoms with Crippen molar-refractivity contribution < 1.29 is 14.4 Å². The van der Waals surface area contributed by atoms with Gasteiger partial charge in [0.1, 0.15) is 5.41 Å². The summed E-state index contributed by atoms with van der Waals surface area (Å²) in [5.41, 5.74) is -0.830. The third kappa shape index (κ3) is 1.94. The zero-order valence-electron chi connectivity index (χ0n) is 9.77.